The van der Waals surface area contributed by atoms with Gasteiger partial charge in [-0.2, -0.15) is 5.26 Å². The molecule has 0 aliphatic rings. The monoisotopic (exact) mass is 406 g/mol. The molecular formula is C17H12BrClN2O3. The lowest BCUT2D eigenvalue weighted by Gasteiger charge is -2.09. The van der Waals surface area contributed by atoms with Crippen molar-refractivity contribution in [3.05, 3.63) is 57.0 Å². The first kappa shape index (κ1) is 17.9. The number of aromatic hydroxyl groups is 1. The SMILES string of the molecule is COc1c(Cl)cc(Br)cc1/C=C(\C#N)C(=O)Nc1ccc(O)cc1. The van der Waals surface area contributed by atoms with Crippen molar-refractivity contribution in [3.8, 4) is 17.6 Å². The van der Waals surface area contributed by atoms with Gasteiger partial charge >= 0.3 is 0 Å². The number of amides is 1. The van der Waals surface area contributed by atoms with Crippen LogP contribution in [0.4, 0.5) is 5.69 Å². The quantitative estimate of drug-likeness (QED) is 0.448. The second-order valence-electron chi connectivity index (χ2n) is 4.68. The predicted molar refractivity (Wildman–Crippen MR) is 96.0 cm³/mol. The van der Waals surface area contributed by atoms with Crippen molar-refractivity contribution >= 4 is 45.2 Å². The van der Waals surface area contributed by atoms with E-state index in [9.17, 15) is 15.2 Å². The molecule has 0 radical (unpaired) electrons. The van der Waals surface area contributed by atoms with Gasteiger partial charge in [0.25, 0.3) is 5.91 Å². The Labute approximate surface area is 152 Å². The highest BCUT2D eigenvalue weighted by molar-refractivity contribution is 9.10. The topological polar surface area (TPSA) is 82.3 Å². The number of hydrogen-bond acceptors (Lipinski definition) is 4. The fourth-order valence-electron chi connectivity index (χ4n) is 1.95. The summed E-state index contributed by atoms with van der Waals surface area (Å²) in [5, 5.41) is 21.5. The summed E-state index contributed by atoms with van der Waals surface area (Å²) >= 11 is 9.40. The van der Waals surface area contributed by atoms with Crippen molar-refractivity contribution in [2.45, 2.75) is 0 Å². The summed E-state index contributed by atoms with van der Waals surface area (Å²) in [6, 6.07) is 11.1. The fourth-order valence-corrected chi connectivity index (χ4v) is 2.86. The molecule has 1 amide bonds. The van der Waals surface area contributed by atoms with E-state index in [-0.39, 0.29) is 11.3 Å². The Balaban J connectivity index is 2.34. The van der Waals surface area contributed by atoms with Crippen molar-refractivity contribution in [1.82, 2.24) is 0 Å². The van der Waals surface area contributed by atoms with Crippen LogP contribution in [-0.2, 0) is 4.79 Å². The number of carbonyl (C=O) groups excluding carboxylic acids is 1. The number of phenols is 1. The molecule has 0 aromatic heterocycles. The second-order valence-corrected chi connectivity index (χ2v) is 6.00. The molecule has 0 saturated heterocycles. The average molecular weight is 408 g/mol. The number of hydrogen-bond donors (Lipinski definition) is 2. The number of nitriles is 1. The number of nitrogens with one attached hydrogen (secondary N) is 1. The third-order valence-corrected chi connectivity index (χ3v) is 3.77. The lowest BCUT2D eigenvalue weighted by molar-refractivity contribution is -0.112. The Morgan fingerprint density at radius 1 is 1.38 bits per heavy atom. The maximum atomic E-state index is 12.3. The molecule has 122 valence electrons. The first-order valence-corrected chi connectivity index (χ1v) is 7.87. The summed E-state index contributed by atoms with van der Waals surface area (Å²) in [7, 11) is 1.45. The van der Waals surface area contributed by atoms with Crippen molar-refractivity contribution in [1.29, 1.82) is 5.26 Å². The minimum Gasteiger partial charge on any atom is -0.508 e. The van der Waals surface area contributed by atoms with Crippen molar-refractivity contribution in [2.75, 3.05) is 12.4 Å². The van der Waals surface area contributed by atoms with Crippen LogP contribution in [0.5, 0.6) is 11.5 Å². The van der Waals surface area contributed by atoms with Crippen LogP contribution in [0.2, 0.25) is 5.02 Å². The van der Waals surface area contributed by atoms with Crippen LogP contribution < -0.4 is 10.1 Å². The van der Waals surface area contributed by atoms with E-state index < -0.39 is 5.91 Å². The molecule has 2 aromatic rings. The highest BCUT2D eigenvalue weighted by atomic mass is 79.9. The van der Waals surface area contributed by atoms with E-state index in [4.69, 9.17) is 16.3 Å². The van der Waals surface area contributed by atoms with E-state index >= 15 is 0 Å². The molecule has 0 unspecified atom stereocenters. The van der Waals surface area contributed by atoms with Gasteiger partial charge < -0.3 is 15.2 Å². The van der Waals surface area contributed by atoms with Crippen LogP contribution in [-0.4, -0.2) is 18.1 Å². The minimum atomic E-state index is -0.582. The maximum Gasteiger partial charge on any atom is 0.266 e. The molecule has 2 rings (SSSR count). The zero-order chi connectivity index (χ0) is 17.7. The summed E-state index contributed by atoms with van der Waals surface area (Å²) in [5.74, 6) is -0.135. The molecule has 0 atom stereocenters. The molecule has 0 heterocycles. The van der Waals surface area contributed by atoms with Crippen LogP contribution in [0.3, 0.4) is 0 Å². The van der Waals surface area contributed by atoms with E-state index in [1.165, 1.54) is 37.5 Å². The van der Waals surface area contributed by atoms with Gasteiger partial charge in [0, 0.05) is 15.7 Å². The molecule has 2 aromatic carbocycles. The maximum absolute atomic E-state index is 12.3. The highest BCUT2D eigenvalue weighted by Gasteiger charge is 2.13. The lowest BCUT2D eigenvalue weighted by Crippen LogP contribution is -2.13. The summed E-state index contributed by atoms with van der Waals surface area (Å²) in [6.07, 6.45) is 1.39. The number of anilines is 1. The number of phenolic OH excluding ortho intramolecular Hbond substituents is 1. The first-order valence-electron chi connectivity index (χ1n) is 6.70. The number of rotatable bonds is 4. The Morgan fingerprint density at radius 2 is 2.04 bits per heavy atom. The number of methoxy groups -OCH3 is 1. The molecule has 0 bridgehead atoms. The summed E-state index contributed by atoms with van der Waals surface area (Å²) in [5.41, 5.74) is 0.836. The minimum absolute atomic E-state index is 0.0811. The summed E-state index contributed by atoms with van der Waals surface area (Å²) in [4.78, 5) is 12.3. The number of nitrogens with zero attached hydrogens (tertiary/aromatic N) is 1. The van der Waals surface area contributed by atoms with Gasteiger partial charge in [0.05, 0.1) is 12.1 Å². The number of halogens is 2. The molecule has 0 aliphatic heterocycles. The van der Waals surface area contributed by atoms with Crippen LogP contribution in [0.15, 0.2) is 46.4 Å². The molecule has 0 aliphatic carbocycles. The van der Waals surface area contributed by atoms with Crippen LogP contribution in [0.25, 0.3) is 6.08 Å². The highest BCUT2D eigenvalue weighted by Crippen LogP contribution is 2.33. The van der Waals surface area contributed by atoms with Crippen LogP contribution >= 0.6 is 27.5 Å². The standard InChI is InChI=1S/C17H12BrClN2O3/c1-24-16-10(7-12(18)8-15(16)19)6-11(9-20)17(23)21-13-2-4-14(22)5-3-13/h2-8,22H,1H3,(H,21,23)/b11-6+. The Kier molecular flexibility index (Phi) is 5.85. The molecule has 0 fully saturated rings. The van der Waals surface area contributed by atoms with Gasteiger partial charge in [-0.15, -0.1) is 0 Å². The van der Waals surface area contributed by atoms with Gasteiger partial charge in [-0.1, -0.05) is 27.5 Å². The molecule has 24 heavy (non-hydrogen) atoms. The lowest BCUT2D eigenvalue weighted by atomic mass is 10.1. The van der Waals surface area contributed by atoms with E-state index in [1.54, 1.807) is 12.1 Å². The Morgan fingerprint density at radius 3 is 2.62 bits per heavy atom. The average Bonchev–Trinajstić information content (AvgIpc) is 2.54. The van der Waals surface area contributed by atoms with E-state index in [1.807, 2.05) is 6.07 Å². The van der Waals surface area contributed by atoms with Crippen molar-refractivity contribution in [3.63, 3.8) is 0 Å². The van der Waals surface area contributed by atoms with E-state index in [0.29, 0.717) is 26.5 Å². The molecule has 5 nitrogen and oxygen atoms in total. The van der Waals surface area contributed by atoms with Gasteiger partial charge in [0.2, 0.25) is 0 Å². The third kappa shape index (κ3) is 4.28. The smallest absolute Gasteiger partial charge is 0.266 e. The van der Waals surface area contributed by atoms with Gasteiger partial charge in [0.15, 0.2) is 0 Å². The molecule has 2 N–H and O–H groups in total. The number of carbonyl (C=O) groups is 1. The molecular weight excluding hydrogens is 396 g/mol. The Bertz CT molecular complexity index is 842. The second kappa shape index (κ2) is 7.86. The summed E-state index contributed by atoms with van der Waals surface area (Å²) in [6.45, 7) is 0. The number of benzene rings is 2. The van der Waals surface area contributed by atoms with E-state index in [2.05, 4.69) is 21.2 Å². The Hall–Kier alpha value is -2.49. The van der Waals surface area contributed by atoms with E-state index in [0.717, 1.165) is 0 Å². The van der Waals surface area contributed by atoms with Gasteiger partial charge in [-0.05, 0) is 42.5 Å². The fraction of sp³-hybridized carbons (Fsp3) is 0.0588. The normalized spacial score (nSPS) is 10.8. The molecule has 0 spiro atoms. The largest absolute Gasteiger partial charge is 0.508 e. The van der Waals surface area contributed by atoms with Crippen LogP contribution in [0, 0.1) is 11.3 Å². The zero-order valence-corrected chi connectivity index (χ0v) is 14.9. The number of ether oxygens (including phenoxy) is 1. The van der Waals surface area contributed by atoms with Gasteiger partial charge in [-0.3, -0.25) is 4.79 Å². The van der Waals surface area contributed by atoms with Crippen LogP contribution in [0.1, 0.15) is 5.56 Å². The first-order chi connectivity index (χ1) is 11.4. The third-order valence-electron chi connectivity index (χ3n) is 3.03. The van der Waals surface area contributed by atoms with Crippen molar-refractivity contribution in [2.24, 2.45) is 0 Å². The van der Waals surface area contributed by atoms with Gasteiger partial charge in [0.1, 0.15) is 23.1 Å². The van der Waals surface area contributed by atoms with Crippen molar-refractivity contribution < 1.29 is 14.6 Å². The summed E-state index contributed by atoms with van der Waals surface area (Å²) < 4.78 is 5.91. The molecule has 0 saturated carbocycles. The molecule has 7 heteroatoms. The van der Waals surface area contributed by atoms with Gasteiger partial charge in [-0.25, -0.2) is 0 Å². The predicted octanol–water partition coefficient (Wildman–Crippen LogP) is 4.36. The zero-order valence-electron chi connectivity index (χ0n) is 12.5.